The van der Waals surface area contributed by atoms with Gasteiger partial charge in [-0.1, -0.05) is 33.1 Å². The highest BCUT2D eigenvalue weighted by atomic mass is 16.5. The number of rotatable bonds is 7. The summed E-state index contributed by atoms with van der Waals surface area (Å²) in [7, 11) is 0. The van der Waals surface area contributed by atoms with Crippen LogP contribution in [-0.4, -0.2) is 5.97 Å². The predicted molar refractivity (Wildman–Crippen MR) is 49.4 cm³/mol. The van der Waals surface area contributed by atoms with E-state index in [1.165, 1.54) is 12.8 Å². The van der Waals surface area contributed by atoms with Gasteiger partial charge in [-0.3, -0.25) is 4.79 Å². The van der Waals surface area contributed by atoms with Gasteiger partial charge in [-0.25, -0.2) is 0 Å². The first-order valence-electron chi connectivity index (χ1n) is 4.82. The van der Waals surface area contributed by atoms with Crippen LogP contribution in [0.15, 0.2) is 0 Å². The Hall–Kier alpha value is -0.530. The number of hydrogen-bond acceptors (Lipinski definition) is 2. The molecule has 0 bridgehead atoms. The van der Waals surface area contributed by atoms with E-state index in [2.05, 4.69) is 6.92 Å². The van der Waals surface area contributed by atoms with Crippen LogP contribution in [0.4, 0.5) is 0 Å². The highest BCUT2D eigenvalue weighted by molar-refractivity contribution is 5.69. The van der Waals surface area contributed by atoms with Crippen molar-refractivity contribution in [1.82, 2.24) is 0 Å². The van der Waals surface area contributed by atoms with Gasteiger partial charge in [-0.15, -0.1) is 0 Å². The molecule has 1 radical (unpaired) electrons. The average molecular weight is 171 g/mol. The molecule has 0 fully saturated rings. The molecule has 71 valence electrons. The second kappa shape index (κ2) is 8.57. The van der Waals surface area contributed by atoms with Gasteiger partial charge in [-0.05, 0) is 12.8 Å². The predicted octanol–water partition coefficient (Wildman–Crippen LogP) is 3.07. The highest BCUT2D eigenvalue weighted by Crippen LogP contribution is 2.04. The van der Waals surface area contributed by atoms with Crippen molar-refractivity contribution in [2.24, 2.45) is 0 Å². The van der Waals surface area contributed by atoms with Gasteiger partial charge in [0.05, 0.1) is 0 Å². The van der Waals surface area contributed by atoms with Crippen molar-refractivity contribution in [2.75, 3.05) is 0 Å². The zero-order chi connectivity index (χ0) is 9.23. The van der Waals surface area contributed by atoms with Crippen LogP contribution < -0.4 is 0 Å². The fourth-order valence-corrected chi connectivity index (χ4v) is 0.931. The van der Waals surface area contributed by atoms with Crippen LogP contribution in [0.3, 0.4) is 0 Å². The van der Waals surface area contributed by atoms with E-state index >= 15 is 0 Å². The Morgan fingerprint density at radius 3 is 2.58 bits per heavy atom. The lowest BCUT2D eigenvalue weighted by molar-refractivity contribution is -0.140. The van der Waals surface area contributed by atoms with Gasteiger partial charge >= 0.3 is 5.97 Å². The van der Waals surface area contributed by atoms with Crippen LogP contribution >= 0.6 is 0 Å². The molecule has 0 aromatic heterocycles. The molecule has 0 unspecified atom stereocenters. The molecule has 2 heteroatoms. The molecule has 0 N–H and O–H groups in total. The maximum atomic E-state index is 10.9. The zero-order valence-electron chi connectivity index (χ0n) is 8.14. The molecule has 0 aromatic rings. The van der Waals surface area contributed by atoms with E-state index in [4.69, 9.17) is 4.74 Å². The van der Waals surface area contributed by atoms with Crippen molar-refractivity contribution in [3.05, 3.63) is 6.61 Å². The number of esters is 1. The third-order valence-electron chi connectivity index (χ3n) is 1.62. The lowest BCUT2D eigenvalue weighted by atomic mass is 10.2. The molecule has 0 amide bonds. The summed E-state index contributed by atoms with van der Waals surface area (Å²) in [6, 6.07) is 0. The maximum absolute atomic E-state index is 10.9. The summed E-state index contributed by atoms with van der Waals surface area (Å²) in [4.78, 5) is 10.9. The smallest absolute Gasteiger partial charge is 0.306 e. The molecule has 12 heavy (non-hydrogen) atoms. The van der Waals surface area contributed by atoms with E-state index < -0.39 is 0 Å². The van der Waals surface area contributed by atoms with Crippen LogP contribution in [0.2, 0.25) is 0 Å². The van der Waals surface area contributed by atoms with Crippen LogP contribution in [0.1, 0.15) is 52.4 Å². The Morgan fingerprint density at radius 1 is 1.25 bits per heavy atom. The fraction of sp³-hybridized carbons (Fsp3) is 0.800. The summed E-state index contributed by atoms with van der Waals surface area (Å²) in [6.07, 6.45) is 5.88. The van der Waals surface area contributed by atoms with Gasteiger partial charge in [0.15, 0.2) is 0 Å². The van der Waals surface area contributed by atoms with E-state index in [0.29, 0.717) is 6.42 Å². The van der Waals surface area contributed by atoms with E-state index in [1.54, 1.807) is 6.61 Å². The Balaban J connectivity index is 3.08. The maximum Gasteiger partial charge on any atom is 0.306 e. The van der Waals surface area contributed by atoms with Crippen LogP contribution in [0.5, 0.6) is 0 Å². The molecule has 0 atom stereocenters. The van der Waals surface area contributed by atoms with E-state index in [1.807, 2.05) is 6.92 Å². The highest BCUT2D eigenvalue weighted by Gasteiger charge is 2.00. The van der Waals surface area contributed by atoms with E-state index in [-0.39, 0.29) is 5.97 Å². The van der Waals surface area contributed by atoms with Gasteiger partial charge in [0.1, 0.15) is 6.61 Å². The Labute approximate surface area is 75.3 Å². The summed E-state index contributed by atoms with van der Waals surface area (Å²) in [6.45, 7) is 5.66. The van der Waals surface area contributed by atoms with Crippen molar-refractivity contribution in [2.45, 2.75) is 52.4 Å². The fourth-order valence-electron chi connectivity index (χ4n) is 0.931. The van der Waals surface area contributed by atoms with Gasteiger partial charge in [-0.2, -0.15) is 0 Å². The summed E-state index contributed by atoms with van der Waals surface area (Å²) < 4.78 is 4.81. The van der Waals surface area contributed by atoms with Crippen molar-refractivity contribution < 1.29 is 9.53 Å². The minimum atomic E-state index is -0.0899. The van der Waals surface area contributed by atoms with Crippen molar-refractivity contribution >= 4 is 5.97 Å². The normalized spacial score (nSPS) is 9.83. The van der Waals surface area contributed by atoms with Gasteiger partial charge in [0, 0.05) is 6.42 Å². The second-order valence-corrected chi connectivity index (χ2v) is 2.88. The molecule has 0 aliphatic rings. The molecule has 0 saturated heterocycles. The quantitative estimate of drug-likeness (QED) is 0.434. The molecule has 0 saturated carbocycles. The molecule has 0 heterocycles. The summed E-state index contributed by atoms with van der Waals surface area (Å²) >= 11 is 0. The minimum absolute atomic E-state index is 0.0899. The van der Waals surface area contributed by atoms with Crippen molar-refractivity contribution in [3.63, 3.8) is 0 Å². The van der Waals surface area contributed by atoms with Crippen LogP contribution in [0.25, 0.3) is 0 Å². The van der Waals surface area contributed by atoms with Crippen molar-refractivity contribution in [1.29, 1.82) is 0 Å². The Bertz CT molecular complexity index is 110. The molecule has 0 aliphatic heterocycles. The first-order chi connectivity index (χ1) is 5.81. The van der Waals surface area contributed by atoms with Gasteiger partial charge < -0.3 is 4.74 Å². The lowest BCUT2D eigenvalue weighted by Gasteiger charge is -2.01. The summed E-state index contributed by atoms with van der Waals surface area (Å²) in [5, 5.41) is 0. The molecule has 0 spiro atoms. The topological polar surface area (TPSA) is 26.3 Å². The molecule has 0 rings (SSSR count). The Kier molecular flexibility index (Phi) is 8.19. The van der Waals surface area contributed by atoms with E-state index in [9.17, 15) is 4.79 Å². The number of hydrogen-bond donors (Lipinski definition) is 0. The molecule has 0 aromatic carbocycles. The Morgan fingerprint density at radius 2 is 2.00 bits per heavy atom. The lowest BCUT2D eigenvalue weighted by Crippen LogP contribution is -2.01. The second-order valence-electron chi connectivity index (χ2n) is 2.88. The number of ether oxygens (including phenoxy) is 1. The van der Waals surface area contributed by atoms with Crippen LogP contribution in [0, 0.1) is 6.61 Å². The third-order valence-corrected chi connectivity index (χ3v) is 1.62. The number of unbranched alkanes of at least 4 members (excludes halogenated alkanes) is 3. The zero-order valence-corrected chi connectivity index (χ0v) is 8.14. The van der Waals surface area contributed by atoms with E-state index in [0.717, 1.165) is 19.3 Å². The molecule has 2 nitrogen and oxygen atoms in total. The molecular formula is C10H19O2. The SMILES string of the molecule is CC[CH]OC(=O)CCCCCC. The summed E-state index contributed by atoms with van der Waals surface area (Å²) in [5.41, 5.74) is 0. The standard InChI is InChI=1S/C10H19O2/c1-3-5-6-7-8-10(11)12-9-4-2/h9H,3-8H2,1-2H3. The summed E-state index contributed by atoms with van der Waals surface area (Å²) in [5.74, 6) is -0.0899. The van der Waals surface area contributed by atoms with Gasteiger partial charge in [0.2, 0.25) is 0 Å². The van der Waals surface area contributed by atoms with Gasteiger partial charge in [0.25, 0.3) is 0 Å². The minimum Gasteiger partial charge on any atom is -0.458 e. The number of carbonyl (C=O) groups excluding carboxylic acids is 1. The first kappa shape index (κ1) is 11.5. The molecular weight excluding hydrogens is 152 g/mol. The largest absolute Gasteiger partial charge is 0.458 e. The first-order valence-corrected chi connectivity index (χ1v) is 4.82. The molecule has 0 aliphatic carbocycles. The monoisotopic (exact) mass is 171 g/mol. The van der Waals surface area contributed by atoms with Crippen molar-refractivity contribution in [3.8, 4) is 0 Å². The van der Waals surface area contributed by atoms with Crippen LogP contribution in [-0.2, 0) is 9.53 Å². The number of carbonyl (C=O) groups is 1. The average Bonchev–Trinajstić information content (AvgIpc) is 2.09. The third kappa shape index (κ3) is 7.58.